The van der Waals surface area contributed by atoms with Crippen LogP contribution >= 0.6 is 0 Å². The lowest BCUT2D eigenvalue weighted by Gasteiger charge is -1.96. The Labute approximate surface area is 50.1 Å². The van der Waals surface area contributed by atoms with E-state index in [-0.39, 0.29) is 0 Å². The maximum absolute atomic E-state index is 5.18. The average Bonchev–Trinajstić information content (AvgIpc) is 1.83. The van der Waals surface area contributed by atoms with Gasteiger partial charge in [0.2, 0.25) is 0 Å². The van der Waals surface area contributed by atoms with E-state index >= 15 is 0 Å². The summed E-state index contributed by atoms with van der Waals surface area (Å²) in [6.45, 7) is 6.23. The molecule has 0 aliphatic heterocycles. The summed E-state index contributed by atoms with van der Waals surface area (Å²) in [5, 5.41) is 2.91. The van der Waals surface area contributed by atoms with Gasteiger partial charge in [-0.25, -0.2) is 0 Å². The third kappa shape index (κ3) is 3.28. The van der Waals surface area contributed by atoms with Crippen LogP contribution in [0.25, 0.3) is 0 Å². The molecule has 0 aromatic heterocycles. The highest BCUT2D eigenvalue weighted by molar-refractivity contribution is 4.97. The molecule has 3 N–H and O–H groups in total. The fourth-order valence-corrected chi connectivity index (χ4v) is 0.292. The maximum Gasteiger partial charge on any atom is 0.0368 e. The molecule has 0 bridgehead atoms. The van der Waals surface area contributed by atoms with E-state index in [0.717, 1.165) is 12.1 Å². The number of hydrogen-bond acceptors (Lipinski definition) is 2. The molecule has 0 atom stereocenters. The SMILES string of the molecule is C=CNC/C(C)=C/N. The number of nitrogens with one attached hydrogen (secondary N) is 1. The van der Waals surface area contributed by atoms with Crippen LogP contribution < -0.4 is 11.1 Å². The lowest BCUT2D eigenvalue weighted by Crippen LogP contribution is -2.07. The van der Waals surface area contributed by atoms with E-state index in [2.05, 4.69) is 11.9 Å². The fourth-order valence-electron chi connectivity index (χ4n) is 0.292. The Balaban J connectivity index is 3.24. The Bertz CT molecular complexity index is 94.7. The van der Waals surface area contributed by atoms with Crippen molar-refractivity contribution in [3.05, 3.63) is 24.6 Å². The first-order valence-corrected chi connectivity index (χ1v) is 2.53. The van der Waals surface area contributed by atoms with Crippen molar-refractivity contribution >= 4 is 0 Å². The fraction of sp³-hybridized carbons (Fsp3) is 0.333. The van der Waals surface area contributed by atoms with Crippen molar-refractivity contribution in [1.29, 1.82) is 0 Å². The third-order valence-electron chi connectivity index (χ3n) is 0.810. The second kappa shape index (κ2) is 4.24. The zero-order chi connectivity index (χ0) is 6.41. The lowest BCUT2D eigenvalue weighted by molar-refractivity contribution is 0.935. The van der Waals surface area contributed by atoms with Gasteiger partial charge in [-0.3, -0.25) is 0 Å². The van der Waals surface area contributed by atoms with Crippen molar-refractivity contribution < 1.29 is 0 Å². The van der Waals surface area contributed by atoms with Crippen LogP contribution in [0.5, 0.6) is 0 Å². The molecule has 0 aromatic rings. The molecule has 2 nitrogen and oxygen atoms in total. The molecule has 0 fully saturated rings. The minimum Gasteiger partial charge on any atom is -0.405 e. The van der Waals surface area contributed by atoms with Gasteiger partial charge in [-0.05, 0) is 24.9 Å². The molecular formula is C6H12N2. The Morgan fingerprint density at radius 2 is 2.50 bits per heavy atom. The van der Waals surface area contributed by atoms with Crippen LogP contribution in [0.3, 0.4) is 0 Å². The smallest absolute Gasteiger partial charge is 0.0368 e. The highest BCUT2D eigenvalue weighted by Crippen LogP contribution is 1.82. The van der Waals surface area contributed by atoms with E-state index in [1.807, 2.05) is 6.92 Å². The second-order valence-corrected chi connectivity index (χ2v) is 1.60. The van der Waals surface area contributed by atoms with Gasteiger partial charge >= 0.3 is 0 Å². The molecule has 0 unspecified atom stereocenters. The molecule has 0 heterocycles. The number of hydrogen-bond donors (Lipinski definition) is 2. The van der Waals surface area contributed by atoms with Gasteiger partial charge in [0, 0.05) is 6.54 Å². The summed E-state index contributed by atoms with van der Waals surface area (Å²) in [6.07, 6.45) is 3.23. The van der Waals surface area contributed by atoms with Crippen molar-refractivity contribution in [2.75, 3.05) is 6.54 Å². The molecule has 0 saturated carbocycles. The Kier molecular flexibility index (Phi) is 3.76. The summed E-state index contributed by atoms with van der Waals surface area (Å²) in [4.78, 5) is 0. The minimum atomic E-state index is 0.792. The molecule has 0 aliphatic carbocycles. The predicted molar refractivity (Wildman–Crippen MR) is 36.1 cm³/mol. The Morgan fingerprint density at radius 1 is 1.88 bits per heavy atom. The summed E-state index contributed by atoms with van der Waals surface area (Å²) in [7, 11) is 0. The molecule has 0 aliphatic rings. The summed E-state index contributed by atoms with van der Waals surface area (Å²) in [5.41, 5.74) is 6.29. The number of rotatable bonds is 3. The molecule has 0 amide bonds. The van der Waals surface area contributed by atoms with E-state index in [4.69, 9.17) is 5.73 Å². The first kappa shape index (κ1) is 7.08. The van der Waals surface area contributed by atoms with Gasteiger partial charge in [-0.1, -0.05) is 6.58 Å². The zero-order valence-corrected chi connectivity index (χ0v) is 5.15. The molecule has 8 heavy (non-hydrogen) atoms. The topological polar surface area (TPSA) is 38.0 Å². The Morgan fingerprint density at radius 3 is 2.88 bits per heavy atom. The van der Waals surface area contributed by atoms with Gasteiger partial charge in [-0.2, -0.15) is 0 Å². The lowest BCUT2D eigenvalue weighted by atomic mass is 10.3. The largest absolute Gasteiger partial charge is 0.405 e. The highest BCUT2D eigenvalue weighted by atomic mass is 14.8. The van der Waals surface area contributed by atoms with Gasteiger partial charge < -0.3 is 11.1 Å². The summed E-state index contributed by atoms with van der Waals surface area (Å²) >= 11 is 0. The molecule has 46 valence electrons. The van der Waals surface area contributed by atoms with Crippen LogP contribution in [0.2, 0.25) is 0 Å². The number of nitrogens with two attached hydrogens (primary N) is 1. The van der Waals surface area contributed by atoms with Crippen LogP contribution in [-0.4, -0.2) is 6.54 Å². The van der Waals surface area contributed by atoms with E-state index in [1.54, 1.807) is 12.4 Å². The summed E-state index contributed by atoms with van der Waals surface area (Å²) in [5.74, 6) is 0. The van der Waals surface area contributed by atoms with E-state index < -0.39 is 0 Å². The quantitative estimate of drug-likeness (QED) is 0.560. The molecule has 0 spiro atoms. The maximum atomic E-state index is 5.18. The van der Waals surface area contributed by atoms with Crippen molar-refractivity contribution in [3.63, 3.8) is 0 Å². The van der Waals surface area contributed by atoms with Crippen LogP contribution in [0.15, 0.2) is 24.6 Å². The van der Waals surface area contributed by atoms with Gasteiger partial charge in [0.15, 0.2) is 0 Å². The first-order chi connectivity index (χ1) is 3.81. The Hall–Kier alpha value is -0.920. The van der Waals surface area contributed by atoms with Crippen LogP contribution in [0, 0.1) is 0 Å². The van der Waals surface area contributed by atoms with Gasteiger partial charge in [0.05, 0.1) is 0 Å². The molecule has 0 aromatic carbocycles. The summed E-state index contributed by atoms with van der Waals surface area (Å²) < 4.78 is 0. The minimum absolute atomic E-state index is 0.792. The van der Waals surface area contributed by atoms with Crippen molar-refractivity contribution in [1.82, 2.24) is 5.32 Å². The van der Waals surface area contributed by atoms with Crippen molar-refractivity contribution in [3.8, 4) is 0 Å². The molecular weight excluding hydrogens is 100 g/mol. The van der Waals surface area contributed by atoms with E-state index in [0.29, 0.717) is 0 Å². The standard InChI is InChI=1S/C6H12N2/c1-3-8-5-6(2)4-7/h3-4,8H,1,5,7H2,2H3/b6-4+. The highest BCUT2D eigenvalue weighted by Gasteiger charge is 1.79. The molecule has 0 rings (SSSR count). The third-order valence-corrected chi connectivity index (χ3v) is 0.810. The van der Waals surface area contributed by atoms with Crippen molar-refractivity contribution in [2.45, 2.75) is 6.92 Å². The first-order valence-electron chi connectivity index (χ1n) is 2.53. The van der Waals surface area contributed by atoms with Gasteiger partial charge in [0.25, 0.3) is 0 Å². The molecule has 0 radical (unpaired) electrons. The van der Waals surface area contributed by atoms with E-state index in [1.165, 1.54) is 0 Å². The second-order valence-electron chi connectivity index (χ2n) is 1.60. The summed E-state index contributed by atoms with van der Waals surface area (Å²) in [6, 6.07) is 0. The zero-order valence-electron chi connectivity index (χ0n) is 5.15. The van der Waals surface area contributed by atoms with E-state index in [9.17, 15) is 0 Å². The van der Waals surface area contributed by atoms with Crippen LogP contribution in [0.1, 0.15) is 6.92 Å². The van der Waals surface area contributed by atoms with Crippen LogP contribution in [0.4, 0.5) is 0 Å². The van der Waals surface area contributed by atoms with Gasteiger partial charge in [-0.15, -0.1) is 0 Å². The predicted octanol–water partition coefficient (Wildman–Crippen LogP) is 0.582. The average molecular weight is 112 g/mol. The molecule has 0 saturated heterocycles. The monoisotopic (exact) mass is 112 g/mol. The van der Waals surface area contributed by atoms with Crippen molar-refractivity contribution in [2.24, 2.45) is 5.73 Å². The van der Waals surface area contributed by atoms with Gasteiger partial charge in [0.1, 0.15) is 0 Å². The molecule has 2 heteroatoms. The normalized spacial score (nSPS) is 10.9. The van der Waals surface area contributed by atoms with Crippen LogP contribution in [-0.2, 0) is 0 Å².